The molecule has 1 heterocycles. The molecule has 1 aliphatic heterocycles. The molecule has 0 aromatic rings. The van der Waals surface area contributed by atoms with E-state index in [9.17, 15) is 4.79 Å². The highest BCUT2D eigenvalue weighted by Crippen LogP contribution is 2.35. The van der Waals surface area contributed by atoms with Gasteiger partial charge in [0.25, 0.3) is 0 Å². The summed E-state index contributed by atoms with van der Waals surface area (Å²) >= 11 is 0. The number of nitrogens with zero attached hydrogens (tertiary/aromatic N) is 1. The first-order chi connectivity index (χ1) is 7.60. The number of amides is 1. The number of rotatable bonds is 3. The molecule has 1 atom stereocenters. The summed E-state index contributed by atoms with van der Waals surface area (Å²) in [7, 11) is 0. The maximum absolute atomic E-state index is 12.0. The standard InChI is InChI=1S/C14H26N2O/c1-8-12(17)16(10(2)3)11-9-13(4,5)15-14(11,6)7/h8,10-11,15H,1,9H2,2-7H3. The normalized spacial score (nSPS) is 25.9. The largest absolute Gasteiger partial charge is 0.332 e. The molecule has 98 valence electrons. The van der Waals surface area contributed by atoms with E-state index in [-0.39, 0.29) is 29.1 Å². The molecule has 0 aromatic heterocycles. The minimum absolute atomic E-state index is 0.0255. The van der Waals surface area contributed by atoms with Crippen LogP contribution in [0.3, 0.4) is 0 Å². The SMILES string of the molecule is C=CC(=O)N(C(C)C)C1CC(C)(C)NC1(C)C. The molecule has 0 aromatic carbocycles. The van der Waals surface area contributed by atoms with E-state index in [0.717, 1.165) is 6.42 Å². The molecule has 1 unspecified atom stereocenters. The lowest BCUT2D eigenvalue weighted by atomic mass is 9.91. The highest BCUT2D eigenvalue weighted by atomic mass is 16.2. The van der Waals surface area contributed by atoms with Crippen molar-refractivity contribution in [1.82, 2.24) is 10.2 Å². The Morgan fingerprint density at radius 3 is 2.24 bits per heavy atom. The van der Waals surface area contributed by atoms with Gasteiger partial charge < -0.3 is 10.2 Å². The Labute approximate surface area is 105 Å². The van der Waals surface area contributed by atoms with Gasteiger partial charge in [-0.2, -0.15) is 0 Å². The number of hydrogen-bond acceptors (Lipinski definition) is 2. The number of carbonyl (C=O) groups is 1. The minimum Gasteiger partial charge on any atom is -0.332 e. The highest BCUT2D eigenvalue weighted by Gasteiger charge is 2.48. The summed E-state index contributed by atoms with van der Waals surface area (Å²) < 4.78 is 0. The maximum atomic E-state index is 12.0. The van der Waals surface area contributed by atoms with E-state index in [0.29, 0.717) is 0 Å². The zero-order valence-electron chi connectivity index (χ0n) is 12.0. The van der Waals surface area contributed by atoms with E-state index in [1.54, 1.807) is 0 Å². The molecule has 1 rings (SSSR count). The molecule has 1 fully saturated rings. The van der Waals surface area contributed by atoms with Crippen LogP contribution < -0.4 is 5.32 Å². The van der Waals surface area contributed by atoms with Crippen molar-refractivity contribution >= 4 is 5.91 Å². The lowest BCUT2D eigenvalue weighted by Crippen LogP contribution is -2.55. The van der Waals surface area contributed by atoms with Crippen LogP contribution in [0.25, 0.3) is 0 Å². The molecule has 1 aliphatic rings. The van der Waals surface area contributed by atoms with Gasteiger partial charge in [-0.1, -0.05) is 6.58 Å². The molecular weight excluding hydrogens is 212 g/mol. The molecule has 1 amide bonds. The van der Waals surface area contributed by atoms with E-state index >= 15 is 0 Å². The fourth-order valence-electron chi connectivity index (χ4n) is 3.06. The Balaban J connectivity index is 3.03. The van der Waals surface area contributed by atoms with Crippen molar-refractivity contribution in [3.63, 3.8) is 0 Å². The molecule has 17 heavy (non-hydrogen) atoms. The molecule has 0 bridgehead atoms. The second kappa shape index (κ2) is 4.45. The topological polar surface area (TPSA) is 32.3 Å². The first kappa shape index (κ1) is 14.2. The van der Waals surface area contributed by atoms with Gasteiger partial charge in [-0.25, -0.2) is 0 Å². The van der Waals surface area contributed by atoms with Crippen LogP contribution in [0.5, 0.6) is 0 Å². The third-order valence-corrected chi connectivity index (χ3v) is 3.52. The van der Waals surface area contributed by atoms with E-state index < -0.39 is 0 Å². The Bertz CT molecular complexity index is 318. The van der Waals surface area contributed by atoms with Crippen molar-refractivity contribution < 1.29 is 4.79 Å². The van der Waals surface area contributed by atoms with Crippen molar-refractivity contribution in [2.45, 2.75) is 71.1 Å². The van der Waals surface area contributed by atoms with Crippen LogP contribution in [-0.2, 0) is 4.79 Å². The molecule has 1 N–H and O–H groups in total. The quantitative estimate of drug-likeness (QED) is 0.765. The van der Waals surface area contributed by atoms with Gasteiger partial charge in [0.2, 0.25) is 5.91 Å². The maximum Gasteiger partial charge on any atom is 0.246 e. The second-order valence-corrected chi connectivity index (χ2v) is 6.49. The summed E-state index contributed by atoms with van der Waals surface area (Å²) in [5.74, 6) is 0.0255. The smallest absolute Gasteiger partial charge is 0.246 e. The molecule has 3 heteroatoms. The third kappa shape index (κ3) is 2.89. The first-order valence-electron chi connectivity index (χ1n) is 6.35. The highest BCUT2D eigenvalue weighted by molar-refractivity contribution is 5.87. The summed E-state index contributed by atoms with van der Waals surface area (Å²) in [6, 6.07) is 0.406. The molecule has 1 saturated heterocycles. The van der Waals surface area contributed by atoms with Crippen molar-refractivity contribution in [3.05, 3.63) is 12.7 Å². The summed E-state index contributed by atoms with van der Waals surface area (Å²) in [6.45, 7) is 16.4. The molecule has 0 saturated carbocycles. The monoisotopic (exact) mass is 238 g/mol. The van der Waals surface area contributed by atoms with E-state index in [2.05, 4.69) is 53.4 Å². The Morgan fingerprint density at radius 1 is 1.41 bits per heavy atom. The van der Waals surface area contributed by atoms with Crippen molar-refractivity contribution in [1.29, 1.82) is 0 Å². The Hall–Kier alpha value is -0.830. The summed E-state index contributed by atoms with van der Waals surface area (Å²) in [5, 5.41) is 3.61. The predicted molar refractivity (Wildman–Crippen MR) is 71.9 cm³/mol. The summed E-state index contributed by atoms with van der Waals surface area (Å²) in [5.41, 5.74) is 0.00912. The fourth-order valence-corrected chi connectivity index (χ4v) is 3.06. The van der Waals surface area contributed by atoms with Crippen LogP contribution in [0.4, 0.5) is 0 Å². The minimum atomic E-state index is -0.0631. The van der Waals surface area contributed by atoms with Gasteiger partial charge in [0.1, 0.15) is 0 Å². The zero-order valence-corrected chi connectivity index (χ0v) is 12.0. The van der Waals surface area contributed by atoms with Gasteiger partial charge >= 0.3 is 0 Å². The van der Waals surface area contributed by atoms with Gasteiger partial charge in [-0.3, -0.25) is 4.79 Å². The van der Waals surface area contributed by atoms with Crippen LogP contribution in [0.2, 0.25) is 0 Å². The van der Waals surface area contributed by atoms with Crippen LogP contribution >= 0.6 is 0 Å². The van der Waals surface area contributed by atoms with Crippen molar-refractivity contribution in [2.24, 2.45) is 0 Å². The lowest BCUT2D eigenvalue weighted by molar-refractivity contribution is -0.131. The predicted octanol–water partition coefficient (Wildman–Crippen LogP) is 2.33. The average Bonchev–Trinajstić information content (AvgIpc) is 2.34. The van der Waals surface area contributed by atoms with E-state index in [4.69, 9.17) is 0 Å². The first-order valence-corrected chi connectivity index (χ1v) is 6.35. The lowest BCUT2D eigenvalue weighted by Gasteiger charge is -2.39. The second-order valence-electron chi connectivity index (χ2n) is 6.49. The fraction of sp³-hybridized carbons (Fsp3) is 0.786. The van der Waals surface area contributed by atoms with Crippen LogP contribution in [0.1, 0.15) is 48.0 Å². The molecule has 0 radical (unpaired) electrons. The van der Waals surface area contributed by atoms with Gasteiger partial charge in [0.05, 0.1) is 6.04 Å². The molecule has 0 spiro atoms. The molecule has 0 aliphatic carbocycles. The van der Waals surface area contributed by atoms with Gasteiger partial charge in [0, 0.05) is 17.1 Å². The average molecular weight is 238 g/mol. The van der Waals surface area contributed by atoms with Crippen LogP contribution in [0.15, 0.2) is 12.7 Å². The number of nitrogens with one attached hydrogen (secondary N) is 1. The van der Waals surface area contributed by atoms with Gasteiger partial charge in [0.15, 0.2) is 0 Å². The van der Waals surface area contributed by atoms with Gasteiger partial charge in [-0.15, -0.1) is 0 Å². The molecular formula is C14H26N2O. The molecule has 3 nitrogen and oxygen atoms in total. The van der Waals surface area contributed by atoms with Gasteiger partial charge in [-0.05, 0) is 54.0 Å². The Morgan fingerprint density at radius 2 is 1.94 bits per heavy atom. The number of hydrogen-bond donors (Lipinski definition) is 1. The number of carbonyl (C=O) groups excluding carboxylic acids is 1. The Kier molecular flexibility index (Phi) is 3.72. The van der Waals surface area contributed by atoms with Crippen LogP contribution in [0, 0.1) is 0 Å². The van der Waals surface area contributed by atoms with Crippen molar-refractivity contribution in [3.8, 4) is 0 Å². The van der Waals surface area contributed by atoms with E-state index in [1.807, 2.05) is 4.90 Å². The summed E-state index contributed by atoms with van der Waals surface area (Å²) in [6.07, 6.45) is 2.39. The zero-order chi connectivity index (χ0) is 13.4. The summed E-state index contributed by atoms with van der Waals surface area (Å²) in [4.78, 5) is 14.0. The van der Waals surface area contributed by atoms with E-state index in [1.165, 1.54) is 6.08 Å². The van der Waals surface area contributed by atoms with Crippen molar-refractivity contribution in [2.75, 3.05) is 0 Å². The van der Waals surface area contributed by atoms with Crippen LogP contribution in [-0.4, -0.2) is 34.0 Å². The third-order valence-electron chi connectivity index (χ3n) is 3.52.